The van der Waals surface area contributed by atoms with Gasteiger partial charge in [-0.15, -0.1) is 0 Å². The lowest BCUT2D eigenvalue weighted by molar-refractivity contribution is -0.126. The van der Waals surface area contributed by atoms with Gasteiger partial charge in [-0.3, -0.25) is 4.79 Å². The first-order chi connectivity index (χ1) is 8.29. The number of carbonyl (C=O) groups excluding carboxylic acids is 1. The largest absolute Gasteiger partial charge is 0.350 e. The minimum atomic E-state index is -0.534. The fraction of sp³-hybridized carbons (Fsp3) is 0.533. The van der Waals surface area contributed by atoms with E-state index in [0.29, 0.717) is 6.54 Å². The van der Waals surface area contributed by atoms with Crippen LogP contribution in [0.25, 0.3) is 0 Å². The van der Waals surface area contributed by atoms with Crippen LogP contribution in [0.4, 0.5) is 0 Å². The zero-order valence-corrected chi connectivity index (χ0v) is 12.3. The summed E-state index contributed by atoms with van der Waals surface area (Å²) in [5.41, 5.74) is 4.50. The summed E-state index contributed by atoms with van der Waals surface area (Å²) in [6, 6.07) is 4.19. The number of aryl methyl sites for hydroxylation is 1. The Morgan fingerprint density at radius 1 is 1.17 bits per heavy atom. The standard InChI is InChI=1S/C15H24N2O/c1-10-7-8-13(12(3)11(10)2)9-17-14(18)15(4,5)16-6/h7-8,16H,9H2,1-6H3,(H,17,18). The second-order valence-electron chi connectivity index (χ2n) is 5.35. The number of nitrogens with one attached hydrogen (secondary N) is 2. The number of hydrogen-bond acceptors (Lipinski definition) is 2. The van der Waals surface area contributed by atoms with Gasteiger partial charge < -0.3 is 10.6 Å². The predicted molar refractivity (Wildman–Crippen MR) is 75.6 cm³/mol. The van der Waals surface area contributed by atoms with Gasteiger partial charge in [-0.1, -0.05) is 12.1 Å². The molecule has 3 heteroatoms. The summed E-state index contributed by atoms with van der Waals surface area (Å²) in [6.45, 7) is 10.7. The molecule has 0 saturated carbocycles. The first-order valence-electron chi connectivity index (χ1n) is 6.32. The van der Waals surface area contributed by atoms with Gasteiger partial charge in [0.25, 0.3) is 0 Å². The summed E-state index contributed by atoms with van der Waals surface area (Å²) in [5.74, 6) is 0.0163. The van der Waals surface area contributed by atoms with Crippen molar-refractivity contribution in [2.75, 3.05) is 7.05 Å². The SMILES string of the molecule is CNC(C)(C)C(=O)NCc1ccc(C)c(C)c1C. The summed E-state index contributed by atoms with van der Waals surface area (Å²) in [4.78, 5) is 12.0. The van der Waals surface area contributed by atoms with E-state index in [9.17, 15) is 4.79 Å². The van der Waals surface area contributed by atoms with Gasteiger partial charge in [0.2, 0.25) is 5.91 Å². The van der Waals surface area contributed by atoms with E-state index in [4.69, 9.17) is 0 Å². The summed E-state index contributed by atoms with van der Waals surface area (Å²) in [5, 5.41) is 5.98. The minimum Gasteiger partial charge on any atom is -0.350 e. The first kappa shape index (κ1) is 14.7. The van der Waals surface area contributed by atoms with Gasteiger partial charge in [0.1, 0.15) is 0 Å². The number of rotatable bonds is 4. The molecule has 18 heavy (non-hydrogen) atoms. The third-order valence-electron chi connectivity index (χ3n) is 3.80. The molecule has 0 spiro atoms. The van der Waals surface area contributed by atoms with E-state index < -0.39 is 5.54 Å². The summed E-state index contributed by atoms with van der Waals surface area (Å²) in [6.07, 6.45) is 0. The van der Waals surface area contributed by atoms with Crippen LogP contribution in [-0.4, -0.2) is 18.5 Å². The molecule has 0 aliphatic rings. The molecule has 0 saturated heterocycles. The normalized spacial score (nSPS) is 11.4. The van der Waals surface area contributed by atoms with Crippen molar-refractivity contribution in [3.05, 3.63) is 34.4 Å². The summed E-state index contributed by atoms with van der Waals surface area (Å²) >= 11 is 0. The van der Waals surface area contributed by atoms with Crippen LogP contribution < -0.4 is 10.6 Å². The number of amides is 1. The fourth-order valence-electron chi connectivity index (χ4n) is 1.71. The van der Waals surface area contributed by atoms with Crippen molar-refractivity contribution in [2.45, 2.75) is 46.7 Å². The topological polar surface area (TPSA) is 41.1 Å². The molecule has 0 fully saturated rings. The molecule has 100 valence electrons. The van der Waals surface area contributed by atoms with Gasteiger partial charge >= 0.3 is 0 Å². The van der Waals surface area contributed by atoms with E-state index in [-0.39, 0.29) is 5.91 Å². The Morgan fingerprint density at radius 2 is 1.78 bits per heavy atom. The Labute approximate surface area is 110 Å². The minimum absolute atomic E-state index is 0.0163. The molecule has 0 radical (unpaired) electrons. The zero-order valence-electron chi connectivity index (χ0n) is 12.3. The van der Waals surface area contributed by atoms with Gasteiger partial charge in [-0.25, -0.2) is 0 Å². The Morgan fingerprint density at radius 3 is 2.33 bits per heavy atom. The zero-order chi connectivity index (χ0) is 13.9. The van der Waals surface area contributed by atoms with Crippen molar-refractivity contribution in [3.8, 4) is 0 Å². The quantitative estimate of drug-likeness (QED) is 0.858. The summed E-state index contributed by atoms with van der Waals surface area (Å²) in [7, 11) is 1.79. The highest BCUT2D eigenvalue weighted by Gasteiger charge is 2.24. The highest BCUT2D eigenvalue weighted by molar-refractivity contribution is 5.85. The molecule has 0 aliphatic carbocycles. The predicted octanol–water partition coefficient (Wildman–Crippen LogP) is 2.23. The smallest absolute Gasteiger partial charge is 0.239 e. The van der Waals surface area contributed by atoms with Crippen molar-refractivity contribution < 1.29 is 4.79 Å². The summed E-state index contributed by atoms with van der Waals surface area (Å²) < 4.78 is 0. The maximum atomic E-state index is 12.0. The van der Waals surface area contributed by atoms with Crippen molar-refractivity contribution >= 4 is 5.91 Å². The van der Waals surface area contributed by atoms with Crippen LogP contribution in [0.3, 0.4) is 0 Å². The van der Waals surface area contributed by atoms with Crippen LogP contribution in [0.5, 0.6) is 0 Å². The Kier molecular flexibility index (Phi) is 4.52. The number of likely N-dealkylation sites (N-methyl/N-ethyl adjacent to an activating group) is 1. The number of hydrogen-bond donors (Lipinski definition) is 2. The highest BCUT2D eigenvalue weighted by Crippen LogP contribution is 2.17. The van der Waals surface area contributed by atoms with Crippen LogP contribution in [0.2, 0.25) is 0 Å². The van der Waals surface area contributed by atoms with Crippen molar-refractivity contribution in [1.82, 2.24) is 10.6 Å². The molecule has 1 aromatic rings. The monoisotopic (exact) mass is 248 g/mol. The van der Waals surface area contributed by atoms with Crippen LogP contribution >= 0.6 is 0 Å². The molecule has 1 amide bonds. The van der Waals surface area contributed by atoms with Crippen LogP contribution in [0, 0.1) is 20.8 Å². The van der Waals surface area contributed by atoms with Gasteiger partial charge in [0.15, 0.2) is 0 Å². The van der Waals surface area contributed by atoms with E-state index in [1.807, 2.05) is 13.8 Å². The number of carbonyl (C=O) groups is 1. The van der Waals surface area contributed by atoms with Crippen molar-refractivity contribution in [2.24, 2.45) is 0 Å². The van der Waals surface area contributed by atoms with E-state index in [1.165, 1.54) is 22.3 Å². The third-order valence-corrected chi connectivity index (χ3v) is 3.80. The molecule has 0 aliphatic heterocycles. The molecule has 1 rings (SSSR count). The third kappa shape index (κ3) is 3.10. The average Bonchev–Trinajstić information content (AvgIpc) is 2.34. The Bertz CT molecular complexity index is 450. The molecule has 2 N–H and O–H groups in total. The molecular weight excluding hydrogens is 224 g/mol. The molecule has 1 aromatic carbocycles. The number of benzene rings is 1. The molecule has 0 unspecified atom stereocenters. The van der Waals surface area contributed by atoms with Gasteiger partial charge in [-0.2, -0.15) is 0 Å². The van der Waals surface area contributed by atoms with E-state index in [0.717, 1.165) is 0 Å². The Balaban J connectivity index is 2.76. The maximum Gasteiger partial charge on any atom is 0.239 e. The highest BCUT2D eigenvalue weighted by atomic mass is 16.2. The second kappa shape index (κ2) is 5.53. The first-order valence-corrected chi connectivity index (χ1v) is 6.32. The van der Waals surface area contributed by atoms with Crippen molar-refractivity contribution in [1.29, 1.82) is 0 Å². The Hall–Kier alpha value is -1.35. The average molecular weight is 248 g/mol. The van der Waals surface area contributed by atoms with E-state index in [2.05, 4.69) is 43.5 Å². The van der Waals surface area contributed by atoms with Gasteiger partial charge in [0, 0.05) is 6.54 Å². The van der Waals surface area contributed by atoms with Crippen LogP contribution in [-0.2, 0) is 11.3 Å². The molecule has 0 heterocycles. The maximum absolute atomic E-state index is 12.0. The second-order valence-corrected chi connectivity index (χ2v) is 5.35. The lowest BCUT2D eigenvalue weighted by Gasteiger charge is -2.23. The van der Waals surface area contributed by atoms with E-state index >= 15 is 0 Å². The lowest BCUT2D eigenvalue weighted by Crippen LogP contribution is -2.50. The van der Waals surface area contributed by atoms with Gasteiger partial charge in [0.05, 0.1) is 5.54 Å². The lowest BCUT2D eigenvalue weighted by atomic mass is 9.98. The molecule has 0 bridgehead atoms. The molecule has 0 atom stereocenters. The van der Waals surface area contributed by atoms with Crippen LogP contribution in [0.1, 0.15) is 36.1 Å². The van der Waals surface area contributed by atoms with E-state index in [1.54, 1.807) is 7.05 Å². The molecule has 0 aromatic heterocycles. The van der Waals surface area contributed by atoms with Crippen LogP contribution in [0.15, 0.2) is 12.1 Å². The molecule has 3 nitrogen and oxygen atoms in total. The molecular formula is C15H24N2O. The fourth-order valence-corrected chi connectivity index (χ4v) is 1.71. The van der Waals surface area contributed by atoms with Crippen molar-refractivity contribution in [3.63, 3.8) is 0 Å². The van der Waals surface area contributed by atoms with Gasteiger partial charge in [-0.05, 0) is 63.9 Å².